The lowest BCUT2D eigenvalue weighted by molar-refractivity contribution is -0.134. The second-order valence-electron chi connectivity index (χ2n) is 10.1. The fourth-order valence-electron chi connectivity index (χ4n) is 4.89. The van der Waals surface area contributed by atoms with E-state index in [1.807, 2.05) is 20.8 Å². The highest BCUT2D eigenvalue weighted by Gasteiger charge is 2.40. The van der Waals surface area contributed by atoms with Gasteiger partial charge in [-0.2, -0.15) is 0 Å². The molecule has 7 heteroatoms. The van der Waals surface area contributed by atoms with E-state index in [0.717, 1.165) is 57.8 Å². The maximum Gasteiger partial charge on any atom is 0.272 e. The molecule has 2 amide bonds. The molecule has 2 saturated carbocycles. The minimum absolute atomic E-state index is 0.0202. The van der Waals surface area contributed by atoms with Crippen LogP contribution < -0.4 is 10.6 Å². The molecule has 2 N–H and O–H groups in total. The van der Waals surface area contributed by atoms with Crippen molar-refractivity contribution >= 4 is 17.6 Å². The van der Waals surface area contributed by atoms with Gasteiger partial charge in [0.25, 0.3) is 5.91 Å². The van der Waals surface area contributed by atoms with E-state index < -0.39 is 23.4 Å². The maximum absolute atomic E-state index is 13.5. The Morgan fingerprint density at radius 3 is 2.16 bits per heavy atom. The van der Waals surface area contributed by atoms with Gasteiger partial charge in [-0.25, -0.2) is 4.98 Å². The van der Waals surface area contributed by atoms with E-state index in [1.54, 1.807) is 0 Å². The Hall–Kier alpha value is -2.31. The highest BCUT2D eigenvalue weighted by Crippen LogP contribution is 2.32. The standard InChI is InChI=1S/C24H36N4O3/c1-24(2,3)21(20(29)17-11-7-8-12-17)28-23(31)19(16-9-5-4-6-10-16)27-22(30)18-15-25-13-14-26-18/h13-17,19,21H,4-12H2,1-3H3,(H,27,30)(H,28,31)/t19-,21+/m0/s1. The summed E-state index contributed by atoms with van der Waals surface area (Å²) in [4.78, 5) is 47.5. The van der Waals surface area contributed by atoms with Gasteiger partial charge in [-0.05, 0) is 37.0 Å². The molecule has 2 atom stereocenters. The molecule has 0 spiro atoms. The molecule has 0 saturated heterocycles. The van der Waals surface area contributed by atoms with Crippen LogP contribution in [-0.2, 0) is 9.59 Å². The Morgan fingerprint density at radius 2 is 1.58 bits per heavy atom. The molecule has 170 valence electrons. The van der Waals surface area contributed by atoms with E-state index in [0.29, 0.717) is 0 Å². The summed E-state index contributed by atoms with van der Waals surface area (Å²) in [5, 5.41) is 5.95. The zero-order valence-electron chi connectivity index (χ0n) is 19.0. The Labute approximate surface area is 185 Å². The summed E-state index contributed by atoms with van der Waals surface area (Å²) in [6.45, 7) is 5.95. The van der Waals surface area contributed by atoms with E-state index in [4.69, 9.17) is 0 Å². The van der Waals surface area contributed by atoms with Crippen molar-refractivity contribution in [1.82, 2.24) is 20.6 Å². The zero-order valence-corrected chi connectivity index (χ0v) is 19.0. The number of carbonyl (C=O) groups is 3. The molecule has 0 radical (unpaired) electrons. The van der Waals surface area contributed by atoms with Crippen LogP contribution >= 0.6 is 0 Å². The molecule has 1 aromatic rings. The summed E-state index contributed by atoms with van der Waals surface area (Å²) < 4.78 is 0. The first-order valence-electron chi connectivity index (χ1n) is 11.7. The van der Waals surface area contributed by atoms with Crippen molar-refractivity contribution in [2.45, 2.75) is 90.6 Å². The Bertz CT molecular complexity index is 763. The number of rotatable bonds is 7. The normalized spacial score (nSPS) is 20.1. The van der Waals surface area contributed by atoms with Gasteiger partial charge in [-0.1, -0.05) is 52.9 Å². The van der Waals surface area contributed by atoms with E-state index in [-0.39, 0.29) is 29.2 Å². The third-order valence-corrected chi connectivity index (χ3v) is 6.68. The SMILES string of the molecule is CC(C)(C)[C@H](NC(=O)[C@@H](NC(=O)c1cnccn1)C1CCCCC1)C(=O)C1CCCC1. The van der Waals surface area contributed by atoms with Crippen LogP contribution in [0.3, 0.4) is 0 Å². The van der Waals surface area contributed by atoms with Crippen LogP contribution in [0, 0.1) is 17.3 Å². The molecule has 3 rings (SSSR count). The van der Waals surface area contributed by atoms with Gasteiger partial charge in [0.15, 0.2) is 5.78 Å². The van der Waals surface area contributed by atoms with E-state index in [2.05, 4.69) is 20.6 Å². The number of ketones is 1. The molecule has 7 nitrogen and oxygen atoms in total. The van der Waals surface area contributed by atoms with Crippen LogP contribution in [0.4, 0.5) is 0 Å². The van der Waals surface area contributed by atoms with Crippen molar-refractivity contribution in [2.24, 2.45) is 17.3 Å². The predicted molar refractivity (Wildman–Crippen MR) is 118 cm³/mol. The number of carbonyl (C=O) groups excluding carboxylic acids is 3. The van der Waals surface area contributed by atoms with Gasteiger partial charge < -0.3 is 10.6 Å². The van der Waals surface area contributed by atoms with Crippen molar-refractivity contribution in [3.05, 3.63) is 24.3 Å². The number of nitrogens with zero attached hydrogens (tertiary/aromatic N) is 2. The Kier molecular flexibility index (Phi) is 7.79. The van der Waals surface area contributed by atoms with Crippen molar-refractivity contribution in [1.29, 1.82) is 0 Å². The molecule has 0 bridgehead atoms. The van der Waals surface area contributed by atoms with Gasteiger partial charge >= 0.3 is 0 Å². The van der Waals surface area contributed by atoms with Crippen molar-refractivity contribution in [3.8, 4) is 0 Å². The quantitative estimate of drug-likeness (QED) is 0.693. The lowest BCUT2D eigenvalue weighted by atomic mass is 9.79. The first kappa shape index (κ1) is 23.4. The number of hydrogen-bond donors (Lipinski definition) is 2. The highest BCUT2D eigenvalue weighted by atomic mass is 16.2. The number of nitrogens with one attached hydrogen (secondary N) is 2. The first-order valence-corrected chi connectivity index (χ1v) is 11.7. The zero-order chi connectivity index (χ0) is 22.4. The van der Waals surface area contributed by atoms with Gasteiger partial charge in [0, 0.05) is 18.3 Å². The van der Waals surface area contributed by atoms with Gasteiger partial charge in [0.2, 0.25) is 5.91 Å². The number of Topliss-reactive ketones (excluding diaryl/α,β-unsaturated/α-hetero) is 1. The number of aromatic nitrogens is 2. The molecule has 1 heterocycles. The third-order valence-electron chi connectivity index (χ3n) is 6.68. The largest absolute Gasteiger partial charge is 0.344 e. The fraction of sp³-hybridized carbons (Fsp3) is 0.708. The van der Waals surface area contributed by atoms with Gasteiger partial charge in [0.1, 0.15) is 11.7 Å². The second kappa shape index (κ2) is 10.3. The van der Waals surface area contributed by atoms with E-state index >= 15 is 0 Å². The fourth-order valence-corrected chi connectivity index (χ4v) is 4.89. The molecule has 31 heavy (non-hydrogen) atoms. The summed E-state index contributed by atoms with van der Waals surface area (Å²) in [5.41, 5.74) is -0.216. The first-order chi connectivity index (χ1) is 14.8. The summed E-state index contributed by atoms with van der Waals surface area (Å²) in [6.07, 6.45) is 13.3. The molecular weight excluding hydrogens is 392 g/mol. The average molecular weight is 429 g/mol. The molecule has 0 unspecified atom stereocenters. The lowest BCUT2D eigenvalue weighted by Gasteiger charge is -2.35. The summed E-state index contributed by atoms with van der Waals surface area (Å²) in [7, 11) is 0. The highest BCUT2D eigenvalue weighted by molar-refractivity contribution is 5.97. The van der Waals surface area contributed by atoms with Crippen molar-refractivity contribution in [3.63, 3.8) is 0 Å². The topological polar surface area (TPSA) is 101 Å². The Balaban J connectivity index is 1.78. The molecule has 1 aromatic heterocycles. The molecule has 0 aromatic carbocycles. The van der Waals surface area contributed by atoms with Gasteiger partial charge in [-0.3, -0.25) is 19.4 Å². The number of amides is 2. The van der Waals surface area contributed by atoms with Crippen LogP contribution in [0.15, 0.2) is 18.6 Å². The monoisotopic (exact) mass is 428 g/mol. The molecule has 2 aliphatic carbocycles. The molecular formula is C24H36N4O3. The predicted octanol–water partition coefficient (Wildman–Crippen LogP) is 3.45. The summed E-state index contributed by atoms with van der Waals surface area (Å²) in [6, 6.07) is -1.25. The van der Waals surface area contributed by atoms with Crippen LogP contribution in [0.2, 0.25) is 0 Å². The van der Waals surface area contributed by atoms with Crippen LogP contribution in [0.1, 0.15) is 89.0 Å². The van der Waals surface area contributed by atoms with Gasteiger partial charge in [0.05, 0.1) is 12.2 Å². The van der Waals surface area contributed by atoms with Crippen molar-refractivity contribution in [2.75, 3.05) is 0 Å². The molecule has 2 fully saturated rings. The molecule has 2 aliphatic rings. The van der Waals surface area contributed by atoms with Crippen molar-refractivity contribution < 1.29 is 14.4 Å². The summed E-state index contributed by atoms with van der Waals surface area (Å²) >= 11 is 0. The van der Waals surface area contributed by atoms with Crippen LogP contribution in [-0.4, -0.2) is 39.6 Å². The Morgan fingerprint density at radius 1 is 0.935 bits per heavy atom. The second-order valence-corrected chi connectivity index (χ2v) is 10.1. The maximum atomic E-state index is 13.5. The van der Waals surface area contributed by atoms with Crippen LogP contribution in [0.25, 0.3) is 0 Å². The van der Waals surface area contributed by atoms with Gasteiger partial charge in [-0.15, -0.1) is 0 Å². The third kappa shape index (κ3) is 6.11. The lowest BCUT2D eigenvalue weighted by Crippen LogP contribution is -2.58. The smallest absolute Gasteiger partial charge is 0.272 e. The van der Waals surface area contributed by atoms with Crippen LogP contribution in [0.5, 0.6) is 0 Å². The number of hydrogen-bond acceptors (Lipinski definition) is 5. The summed E-state index contributed by atoms with van der Waals surface area (Å²) in [5.74, 6) is -0.479. The molecule has 0 aliphatic heterocycles. The minimum atomic E-state index is -0.684. The van der Waals surface area contributed by atoms with E-state index in [9.17, 15) is 14.4 Å². The van der Waals surface area contributed by atoms with E-state index in [1.165, 1.54) is 18.6 Å². The minimum Gasteiger partial charge on any atom is -0.344 e. The average Bonchev–Trinajstić information content (AvgIpc) is 3.30.